The Morgan fingerprint density at radius 1 is 0.345 bits per heavy atom. The van der Waals surface area contributed by atoms with Crippen molar-refractivity contribution in [3.63, 3.8) is 0 Å². The van der Waals surface area contributed by atoms with Gasteiger partial charge in [0.15, 0.2) is 0 Å². The summed E-state index contributed by atoms with van der Waals surface area (Å²) in [6.45, 7) is 12.4. The first kappa shape index (κ1) is 57.4. The van der Waals surface area contributed by atoms with Crippen molar-refractivity contribution in [3.8, 4) is 79.3 Å². The van der Waals surface area contributed by atoms with E-state index in [1.807, 2.05) is 89.5 Å². The number of nitriles is 1. The van der Waals surface area contributed by atoms with Crippen molar-refractivity contribution in [2.45, 2.75) is 52.4 Å². The summed E-state index contributed by atoms with van der Waals surface area (Å²) in [7, 11) is 0. The maximum atomic E-state index is 10.5. The Bertz CT molecular complexity index is 8620. The molecule has 119 heavy (non-hydrogen) atoms. The van der Waals surface area contributed by atoms with Crippen LogP contribution in [0.15, 0.2) is 358 Å². The average molecular weight is 1550 g/mol. The fourth-order valence-corrected chi connectivity index (χ4v) is 19.8. The molecule has 0 unspecified atom stereocenters. The number of pyridine rings is 2. The van der Waals surface area contributed by atoms with Crippen molar-refractivity contribution in [1.82, 2.24) is 23.7 Å². The lowest BCUT2D eigenvalue weighted by Gasteiger charge is -2.45. The van der Waals surface area contributed by atoms with Gasteiger partial charge in [0.2, 0.25) is 0 Å². The lowest BCUT2D eigenvalue weighted by Crippen LogP contribution is -2.61. The fourth-order valence-electron chi connectivity index (χ4n) is 18.5. The predicted molar refractivity (Wildman–Crippen MR) is 501 cm³/mol. The molecule has 0 spiro atoms. The number of thiophene rings is 1. The zero-order valence-corrected chi connectivity index (χ0v) is 66.4. The van der Waals surface area contributed by atoms with E-state index in [9.17, 15) is 21.7 Å². The Morgan fingerprint density at radius 2 is 0.882 bits per heavy atom. The van der Waals surface area contributed by atoms with Crippen molar-refractivity contribution < 1.29 is 17.8 Å². The molecule has 0 atom stereocenters. The van der Waals surface area contributed by atoms with Crippen LogP contribution in [0, 0.1) is 11.3 Å². The second-order valence-corrected chi connectivity index (χ2v) is 34.0. The molecule has 0 radical (unpaired) electrons. The summed E-state index contributed by atoms with van der Waals surface area (Å²) in [5, 5.41) is 16.1. The van der Waals surface area contributed by atoms with E-state index in [2.05, 4.69) is 244 Å². The van der Waals surface area contributed by atoms with Crippen LogP contribution in [0.1, 0.15) is 76.1 Å². The van der Waals surface area contributed by atoms with E-state index in [1.165, 1.54) is 0 Å². The van der Waals surface area contributed by atoms with Gasteiger partial charge in [0.05, 0.1) is 95.7 Å². The molecule has 0 bridgehead atoms. The standard InChI is InChI=1S/C109H77BN8S/c1-108(2,3)74-48-55-95(84(62-74)70-31-14-9-15-32-70)116-99-54-47-72(90-64-76(114-92-39-22-17-34-78(92)79-35-18-23-40-93(79)114)65-104(113-90)118-94-41-24-19-36-80(94)82-50-51-83-81-37-20-25-44-102(81)119-107(83)106(82)118)59-88(99)110-87-58-71(46-53-98(87)115(100-42-26-43-101(116)105(100)110)91-38-21-16-33-77(91)69-29-12-8-13-30-69)89-60-73(68-27-10-7-11-28-68)61-103(112-89)117-96-52-45-67(66-111)57-85(96)86-63-75(109(4,5)6)49-56-97(86)117/h7-65H,1-6H3/i7D,10D,11D,17D,18D,22D,23D,27D,28D,34D,35D,39D,40D. The molecular formula is C109H77BN8S. The van der Waals surface area contributed by atoms with Gasteiger partial charge in [-0.1, -0.05) is 278 Å². The van der Waals surface area contributed by atoms with Crippen LogP contribution in [0.5, 0.6) is 0 Å². The molecule has 562 valence electrons. The van der Waals surface area contributed by atoms with E-state index in [4.69, 9.17) is 11.3 Å². The summed E-state index contributed by atoms with van der Waals surface area (Å²) >= 11 is 1.67. The van der Waals surface area contributed by atoms with Crippen molar-refractivity contribution in [3.05, 3.63) is 374 Å². The number of para-hydroxylation sites is 4. The minimum atomic E-state index is -0.691. The van der Waals surface area contributed by atoms with Gasteiger partial charge in [-0.3, -0.25) is 9.13 Å². The number of fused-ring (bicyclic) bond motifs is 17. The van der Waals surface area contributed by atoms with Crippen LogP contribution < -0.4 is 26.2 Å². The number of rotatable bonds is 10. The molecule has 0 saturated carbocycles. The molecule has 0 N–H and O–H groups in total. The van der Waals surface area contributed by atoms with Crippen molar-refractivity contribution in [2.75, 3.05) is 9.80 Å². The predicted octanol–water partition coefficient (Wildman–Crippen LogP) is 27.0. The number of aromatic nitrogens is 5. The van der Waals surface area contributed by atoms with Gasteiger partial charge < -0.3 is 14.4 Å². The second-order valence-electron chi connectivity index (χ2n) is 33.0. The minimum absolute atomic E-state index is 0.0211. The third-order valence-electron chi connectivity index (χ3n) is 24.1. The molecule has 8 heterocycles. The Labute approximate surface area is 712 Å². The Morgan fingerprint density at radius 3 is 1.57 bits per heavy atom. The molecule has 8 nitrogen and oxygen atoms in total. The molecule has 15 aromatic carbocycles. The highest BCUT2D eigenvalue weighted by Gasteiger charge is 2.45. The molecule has 0 amide bonds. The van der Waals surface area contributed by atoms with E-state index in [0.29, 0.717) is 51.0 Å². The largest absolute Gasteiger partial charge is 0.311 e. The molecule has 23 rings (SSSR count). The van der Waals surface area contributed by atoms with Crippen LogP contribution in [0.4, 0.5) is 34.1 Å². The summed E-state index contributed by atoms with van der Waals surface area (Å²) in [5.74, 6) is 0.778. The van der Waals surface area contributed by atoms with Gasteiger partial charge in [-0.15, -0.1) is 11.3 Å². The molecule has 10 heteroatoms. The number of nitrogens with zero attached hydrogens (tertiary/aromatic N) is 8. The number of benzene rings is 15. The first-order valence-electron chi connectivity index (χ1n) is 46.5. The van der Waals surface area contributed by atoms with Crippen LogP contribution in [0.3, 0.4) is 0 Å². The number of hydrogen-bond donors (Lipinski definition) is 0. The SMILES string of the molecule is [2H]c1c([2H])c([2H])c(-c2cc(-c3ccc4c(c3)B3c5cc(-c6cc(-n7c8c([2H])c([2H])c([2H])c([2H])c8c8c([2H])c([2H])c([2H])c([2H])c87)cc(-n7c8ccccc8c8ccc9c%10ccccc%10sc9c87)n6)ccc5N(c5ccc(C(C)(C)C)cc5-c5ccccc5)c5cccc(c53)N4c3ccccc3-c3ccccc3)nc(-n3c4ccc(C#N)cc4c4cc(C(C)(C)C)ccc43)c2)c([2H])c1[2H]. The summed E-state index contributed by atoms with van der Waals surface area (Å²) in [6, 6.07) is 91.4. The second kappa shape index (κ2) is 26.7. The van der Waals surface area contributed by atoms with Gasteiger partial charge in [0.1, 0.15) is 11.6 Å². The van der Waals surface area contributed by atoms with Crippen molar-refractivity contribution in [1.29, 1.82) is 5.26 Å². The van der Waals surface area contributed by atoms with Gasteiger partial charge in [-0.2, -0.15) is 5.26 Å². The van der Waals surface area contributed by atoms with Crippen molar-refractivity contribution in [2.24, 2.45) is 0 Å². The van der Waals surface area contributed by atoms with E-state index in [1.54, 1.807) is 28.0 Å². The third kappa shape index (κ3) is 11.0. The third-order valence-corrected chi connectivity index (χ3v) is 25.3. The molecule has 6 aromatic heterocycles. The van der Waals surface area contributed by atoms with Crippen molar-refractivity contribution >= 4 is 154 Å². The molecular weight excluding hydrogens is 1460 g/mol. The van der Waals surface area contributed by atoms with Gasteiger partial charge >= 0.3 is 0 Å². The number of anilines is 6. The Hall–Kier alpha value is -14.6. The van der Waals surface area contributed by atoms with Gasteiger partial charge in [0.25, 0.3) is 6.71 Å². The fraction of sp³-hybridized carbons (Fsp3) is 0.0734. The van der Waals surface area contributed by atoms with Gasteiger partial charge in [-0.05, 0) is 187 Å². The minimum Gasteiger partial charge on any atom is -0.311 e. The van der Waals surface area contributed by atoms with Gasteiger partial charge in [-0.25, -0.2) is 9.97 Å². The Kier molecular flexibility index (Phi) is 12.9. The van der Waals surface area contributed by atoms with E-state index >= 15 is 0 Å². The molecule has 0 fully saturated rings. The lowest BCUT2D eigenvalue weighted by atomic mass is 9.33. The summed E-state index contributed by atoms with van der Waals surface area (Å²) in [4.78, 5) is 16.4. The van der Waals surface area contributed by atoms with Crippen LogP contribution in [-0.2, 0) is 10.8 Å². The molecule has 2 aliphatic heterocycles. The summed E-state index contributed by atoms with van der Waals surface area (Å²) in [5.41, 5.74) is 19.4. The molecule has 0 aliphatic carbocycles. The summed E-state index contributed by atoms with van der Waals surface area (Å²) in [6.07, 6.45) is 0. The smallest absolute Gasteiger partial charge is 0.252 e. The van der Waals surface area contributed by atoms with Crippen LogP contribution in [0.25, 0.3) is 159 Å². The van der Waals surface area contributed by atoms with E-state index in [0.717, 1.165) is 148 Å². The molecule has 0 saturated heterocycles. The lowest BCUT2D eigenvalue weighted by molar-refractivity contribution is 0.590. The van der Waals surface area contributed by atoms with E-state index < -0.39 is 85.3 Å². The molecule has 2 aliphatic rings. The van der Waals surface area contributed by atoms with Gasteiger partial charge in [0, 0.05) is 87.7 Å². The average Bonchev–Trinajstić information content (AvgIpc) is 0.805. The van der Waals surface area contributed by atoms with Crippen LogP contribution >= 0.6 is 11.3 Å². The number of hydrogen-bond acceptors (Lipinski definition) is 6. The summed E-state index contributed by atoms with van der Waals surface area (Å²) < 4.78 is 131. The monoisotopic (exact) mass is 1550 g/mol. The maximum Gasteiger partial charge on any atom is 0.252 e. The van der Waals surface area contributed by atoms with E-state index in [-0.39, 0.29) is 38.2 Å². The quantitative estimate of drug-likeness (QED) is 0.128. The molecule has 21 aromatic rings. The first-order chi connectivity index (χ1) is 63.6. The normalized spacial score (nSPS) is 14.3. The zero-order chi connectivity index (χ0) is 91.0. The van der Waals surface area contributed by atoms with Crippen LogP contribution in [0.2, 0.25) is 0 Å². The Balaban J connectivity index is 0.851. The topological polar surface area (TPSA) is 70.8 Å². The first-order valence-corrected chi connectivity index (χ1v) is 40.8. The van der Waals surface area contributed by atoms with Crippen LogP contribution in [-0.4, -0.2) is 30.4 Å². The zero-order valence-electron chi connectivity index (χ0n) is 78.6. The maximum absolute atomic E-state index is 10.5. The highest BCUT2D eigenvalue weighted by Crippen LogP contribution is 2.52. The highest BCUT2D eigenvalue weighted by molar-refractivity contribution is 7.26. The highest BCUT2D eigenvalue weighted by atomic mass is 32.1.